The maximum Gasteiger partial charge on any atom is 0.315 e. The van der Waals surface area contributed by atoms with Gasteiger partial charge in [-0.15, -0.1) is 0 Å². The van der Waals surface area contributed by atoms with Crippen molar-refractivity contribution in [3.63, 3.8) is 0 Å². The van der Waals surface area contributed by atoms with Crippen molar-refractivity contribution in [2.75, 3.05) is 6.79 Å². The van der Waals surface area contributed by atoms with Gasteiger partial charge in [0.15, 0.2) is 11.5 Å². The Labute approximate surface area is 144 Å². The van der Waals surface area contributed by atoms with Gasteiger partial charge in [-0.05, 0) is 36.8 Å². The topological polar surface area (TPSA) is 88.3 Å². The van der Waals surface area contributed by atoms with Gasteiger partial charge in [0.2, 0.25) is 6.79 Å². The minimum absolute atomic E-state index is 0.232. The van der Waals surface area contributed by atoms with Crippen LogP contribution in [-0.2, 0) is 6.54 Å². The molecule has 1 aliphatic heterocycles. The number of nitrogens with zero attached hydrogens (tertiary/aromatic N) is 1. The molecule has 1 aromatic heterocycles. The van der Waals surface area contributed by atoms with E-state index in [1.165, 1.54) is 0 Å². The quantitative estimate of drug-likeness (QED) is 0.682. The highest BCUT2D eigenvalue weighted by molar-refractivity contribution is 5.76. The molecule has 0 saturated carbocycles. The molecule has 7 nitrogen and oxygen atoms in total. The predicted molar refractivity (Wildman–Crippen MR) is 92.4 cm³/mol. The fraction of sp³-hybridized carbons (Fsp3) is 0.222. The highest BCUT2D eigenvalue weighted by atomic mass is 16.7. The number of H-pyrrole nitrogens is 1. The molecule has 128 valence electrons. The number of carbonyl (C=O) groups excluding carboxylic acids is 1. The number of para-hydroxylation sites is 2. The smallest absolute Gasteiger partial charge is 0.315 e. The SMILES string of the molecule is CC(NC(=O)NCc1ccc2c(c1)OCO2)c1nc2ccccc2[nH]1. The summed E-state index contributed by atoms with van der Waals surface area (Å²) in [5, 5.41) is 5.72. The van der Waals surface area contributed by atoms with Gasteiger partial charge in [-0.2, -0.15) is 0 Å². The number of aromatic nitrogens is 2. The predicted octanol–water partition coefficient (Wildman–Crippen LogP) is 2.85. The van der Waals surface area contributed by atoms with E-state index >= 15 is 0 Å². The van der Waals surface area contributed by atoms with Crippen molar-refractivity contribution < 1.29 is 14.3 Å². The molecular formula is C18H18N4O3. The summed E-state index contributed by atoms with van der Waals surface area (Å²) in [4.78, 5) is 19.8. The molecule has 2 amide bonds. The monoisotopic (exact) mass is 338 g/mol. The normalized spacial score (nSPS) is 13.6. The number of rotatable bonds is 4. The number of imidazole rings is 1. The first kappa shape index (κ1) is 15.3. The van der Waals surface area contributed by atoms with Crippen LogP contribution in [0.3, 0.4) is 0 Å². The second-order valence-corrected chi connectivity index (χ2v) is 5.88. The number of aromatic amines is 1. The van der Waals surface area contributed by atoms with Crippen LogP contribution >= 0.6 is 0 Å². The van der Waals surface area contributed by atoms with Crippen molar-refractivity contribution >= 4 is 17.1 Å². The molecule has 3 N–H and O–H groups in total. The molecule has 0 saturated heterocycles. The van der Waals surface area contributed by atoms with Gasteiger partial charge in [-0.1, -0.05) is 18.2 Å². The molecule has 4 rings (SSSR count). The van der Waals surface area contributed by atoms with E-state index < -0.39 is 0 Å². The fourth-order valence-corrected chi connectivity index (χ4v) is 2.73. The molecule has 0 aliphatic carbocycles. The lowest BCUT2D eigenvalue weighted by atomic mass is 10.2. The third-order valence-electron chi connectivity index (χ3n) is 4.06. The second kappa shape index (κ2) is 6.35. The molecule has 7 heteroatoms. The summed E-state index contributed by atoms with van der Waals surface area (Å²) in [6.07, 6.45) is 0. The minimum atomic E-state index is -0.259. The van der Waals surface area contributed by atoms with Gasteiger partial charge in [-0.3, -0.25) is 0 Å². The standard InChI is InChI=1S/C18H18N4O3/c1-11(17-21-13-4-2-3-5-14(13)22-17)20-18(23)19-9-12-6-7-15-16(8-12)25-10-24-15/h2-8,11H,9-10H2,1H3,(H,21,22)(H2,19,20,23). The summed E-state index contributed by atoms with van der Waals surface area (Å²) in [6.45, 7) is 2.52. The third kappa shape index (κ3) is 3.21. The number of benzene rings is 2. The van der Waals surface area contributed by atoms with E-state index in [1.54, 1.807) is 0 Å². The molecule has 1 atom stereocenters. The van der Waals surface area contributed by atoms with Gasteiger partial charge in [0, 0.05) is 6.54 Å². The summed E-state index contributed by atoms with van der Waals surface area (Å²) in [6, 6.07) is 12.9. The van der Waals surface area contributed by atoms with Crippen LogP contribution in [0.25, 0.3) is 11.0 Å². The van der Waals surface area contributed by atoms with Crippen LogP contribution < -0.4 is 20.1 Å². The largest absolute Gasteiger partial charge is 0.454 e. The van der Waals surface area contributed by atoms with Crippen molar-refractivity contribution in [2.24, 2.45) is 0 Å². The average Bonchev–Trinajstić information content (AvgIpc) is 3.25. The minimum Gasteiger partial charge on any atom is -0.454 e. The van der Waals surface area contributed by atoms with Gasteiger partial charge in [0.1, 0.15) is 5.82 Å². The first-order chi connectivity index (χ1) is 12.2. The zero-order valence-electron chi connectivity index (χ0n) is 13.7. The van der Waals surface area contributed by atoms with Crippen molar-refractivity contribution in [1.82, 2.24) is 20.6 Å². The van der Waals surface area contributed by atoms with Crippen LogP contribution in [0.5, 0.6) is 11.5 Å². The number of hydrogen-bond donors (Lipinski definition) is 3. The van der Waals surface area contributed by atoms with E-state index in [-0.39, 0.29) is 18.9 Å². The maximum absolute atomic E-state index is 12.1. The number of hydrogen-bond acceptors (Lipinski definition) is 4. The number of ether oxygens (including phenoxy) is 2. The van der Waals surface area contributed by atoms with E-state index in [2.05, 4.69) is 20.6 Å². The molecule has 0 spiro atoms. The Morgan fingerprint density at radius 1 is 1.24 bits per heavy atom. The van der Waals surface area contributed by atoms with Crippen LogP contribution in [0, 0.1) is 0 Å². The van der Waals surface area contributed by atoms with Gasteiger partial charge in [0.25, 0.3) is 0 Å². The molecule has 1 aliphatic rings. The Kier molecular flexibility index (Phi) is 3.89. The second-order valence-electron chi connectivity index (χ2n) is 5.88. The molecule has 2 heterocycles. The Bertz CT molecular complexity index is 889. The third-order valence-corrected chi connectivity index (χ3v) is 4.06. The molecular weight excluding hydrogens is 320 g/mol. The van der Waals surface area contributed by atoms with Gasteiger partial charge in [-0.25, -0.2) is 9.78 Å². The molecule has 25 heavy (non-hydrogen) atoms. The Balaban J connectivity index is 1.35. The highest BCUT2D eigenvalue weighted by Crippen LogP contribution is 2.32. The van der Waals surface area contributed by atoms with Crippen LogP contribution in [0.2, 0.25) is 0 Å². The summed E-state index contributed by atoms with van der Waals surface area (Å²) in [5.41, 5.74) is 2.77. The number of nitrogens with one attached hydrogen (secondary N) is 3. The van der Waals surface area contributed by atoms with Gasteiger partial charge < -0.3 is 25.1 Å². The summed E-state index contributed by atoms with van der Waals surface area (Å²) in [7, 11) is 0. The molecule has 1 unspecified atom stereocenters. The van der Waals surface area contributed by atoms with E-state index in [0.717, 1.165) is 28.2 Å². The van der Waals surface area contributed by atoms with E-state index in [1.807, 2.05) is 49.4 Å². The number of fused-ring (bicyclic) bond motifs is 2. The first-order valence-corrected chi connectivity index (χ1v) is 8.06. The van der Waals surface area contributed by atoms with Crippen LogP contribution in [0.4, 0.5) is 4.79 Å². The lowest BCUT2D eigenvalue weighted by molar-refractivity contribution is 0.174. The lowest BCUT2D eigenvalue weighted by Gasteiger charge is -2.12. The van der Waals surface area contributed by atoms with Crippen molar-refractivity contribution in [3.8, 4) is 11.5 Å². The first-order valence-electron chi connectivity index (χ1n) is 8.06. The Hall–Kier alpha value is -3.22. The zero-order chi connectivity index (χ0) is 17.2. The van der Waals surface area contributed by atoms with Crippen LogP contribution in [0.1, 0.15) is 24.4 Å². The van der Waals surface area contributed by atoms with Crippen molar-refractivity contribution in [3.05, 3.63) is 53.9 Å². The van der Waals surface area contributed by atoms with E-state index in [4.69, 9.17) is 9.47 Å². The summed E-state index contributed by atoms with van der Waals surface area (Å²) >= 11 is 0. The van der Waals surface area contributed by atoms with Crippen molar-refractivity contribution in [2.45, 2.75) is 19.5 Å². The van der Waals surface area contributed by atoms with Gasteiger partial charge in [0.05, 0.1) is 17.1 Å². The molecule has 0 fully saturated rings. The molecule has 0 bridgehead atoms. The number of urea groups is 1. The van der Waals surface area contributed by atoms with Gasteiger partial charge >= 0.3 is 6.03 Å². The number of amides is 2. The average molecular weight is 338 g/mol. The fourth-order valence-electron chi connectivity index (χ4n) is 2.73. The van der Waals surface area contributed by atoms with Crippen LogP contribution in [-0.4, -0.2) is 22.8 Å². The van der Waals surface area contributed by atoms with E-state index in [0.29, 0.717) is 12.3 Å². The highest BCUT2D eigenvalue weighted by Gasteiger charge is 2.15. The maximum atomic E-state index is 12.1. The molecule has 3 aromatic rings. The number of carbonyl (C=O) groups is 1. The summed E-state index contributed by atoms with van der Waals surface area (Å²) < 4.78 is 10.6. The zero-order valence-corrected chi connectivity index (χ0v) is 13.7. The Morgan fingerprint density at radius 2 is 2.08 bits per heavy atom. The van der Waals surface area contributed by atoms with E-state index in [9.17, 15) is 4.79 Å². The Morgan fingerprint density at radius 3 is 2.96 bits per heavy atom. The van der Waals surface area contributed by atoms with Crippen LogP contribution in [0.15, 0.2) is 42.5 Å². The lowest BCUT2D eigenvalue weighted by Crippen LogP contribution is -2.36. The van der Waals surface area contributed by atoms with Crippen molar-refractivity contribution in [1.29, 1.82) is 0 Å². The molecule has 0 radical (unpaired) electrons. The summed E-state index contributed by atoms with van der Waals surface area (Å²) in [5.74, 6) is 2.15. The molecule has 2 aromatic carbocycles.